The van der Waals surface area contributed by atoms with Crippen molar-refractivity contribution in [2.45, 2.75) is 6.92 Å². The number of hydrogen-bond donors (Lipinski definition) is 2. The van der Waals surface area contributed by atoms with E-state index in [9.17, 15) is 4.79 Å². The number of carbonyl (C=O) groups excluding carboxylic acids is 1. The van der Waals surface area contributed by atoms with Gasteiger partial charge >= 0.3 is 0 Å². The van der Waals surface area contributed by atoms with Gasteiger partial charge in [0.25, 0.3) is 5.91 Å². The number of hydrogen-bond acceptors (Lipinski definition) is 4. The lowest BCUT2D eigenvalue weighted by Gasteiger charge is -2.07. The van der Waals surface area contributed by atoms with E-state index in [-0.39, 0.29) is 12.5 Å². The van der Waals surface area contributed by atoms with E-state index in [2.05, 4.69) is 10.5 Å². The molecule has 0 saturated heterocycles. The average Bonchev–Trinajstić information content (AvgIpc) is 2.65. The second kappa shape index (κ2) is 7.49. The Hall–Kier alpha value is -3.34. The normalized spacial score (nSPS) is 11.3. The van der Waals surface area contributed by atoms with Crippen LogP contribution < -0.4 is 15.9 Å². The molecule has 3 aromatic rings. The number of rotatable bonds is 5. The minimum absolute atomic E-state index is 0.100. The minimum atomic E-state index is -0.317. The van der Waals surface area contributed by atoms with Crippen molar-refractivity contribution < 1.29 is 9.53 Å². The lowest BCUT2D eigenvalue weighted by molar-refractivity contribution is -0.123. The van der Waals surface area contributed by atoms with Crippen LogP contribution in [-0.4, -0.2) is 18.2 Å². The van der Waals surface area contributed by atoms with Gasteiger partial charge in [-0.05, 0) is 47.5 Å². The highest BCUT2D eigenvalue weighted by Gasteiger charge is 2.04. The van der Waals surface area contributed by atoms with Gasteiger partial charge in [-0.15, -0.1) is 0 Å². The Kier molecular flexibility index (Phi) is 4.95. The summed E-state index contributed by atoms with van der Waals surface area (Å²) in [6.07, 6.45) is 0. The third-order valence-electron chi connectivity index (χ3n) is 3.77. The van der Waals surface area contributed by atoms with Gasteiger partial charge in [0, 0.05) is 5.69 Å². The van der Waals surface area contributed by atoms with E-state index in [0.717, 1.165) is 16.3 Å². The van der Waals surface area contributed by atoms with Crippen molar-refractivity contribution in [1.29, 1.82) is 0 Å². The van der Waals surface area contributed by atoms with Gasteiger partial charge in [0.05, 0.1) is 5.71 Å². The maximum Gasteiger partial charge on any atom is 0.277 e. The Balaban J connectivity index is 1.56. The van der Waals surface area contributed by atoms with Crippen LogP contribution in [0, 0.1) is 0 Å². The molecule has 3 N–H and O–H groups in total. The van der Waals surface area contributed by atoms with E-state index in [0.29, 0.717) is 17.1 Å². The highest BCUT2D eigenvalue weighted by molar-refractivity contribution is 5.99. The molecule has 0 aliphatic heterocycles. The Bertz CT molecular complexity index is 918. The number of nitrogens with zero attached hydrogens (tertiary/aromatic N) is 1. The standard InChI is InChI=1S/C20H19N3O2/c1-14(15-6-9-18(21)10-7-15)22-23-20(24)13-25-19-11-8-16-4-2-3-5-17(16)12-19/h2-12H,13,21H2,1H3,(H,23,24)/b22-14-. The second-order valence-electron chi connectivity index (χ2n) is 5.65. The van der Waals surface area contributed by atoms with E-state index >= 15 is 0 Å². The van der Waals surface area contributed by atoms with Gasteiger partial charge in [0.1, 0.15) is 5.75 Å². The molecule has 0 saturated carbocycles. The van der Waals surface area contributed by atoms with Crippen molar-refractivity contribution in [3.8, 4) is 5.75 Å². The summed E-state index contributed by atoms with van der Waals surface area (Å²) < 4.78 is 5.53. The number of anilines is 1. The third-order valence-corrected chi connectivity index (χ3v) is 3.77. The van der Waals surface area contributed by atoms with Crippen molar-refractivity contribution in [1.82, 2.24) is 5.43 Å². The number of nitrogen functional groups attached to an aromatic ring is 1. The van der Waals surface area contributed by atoms with Crippen molar-refractivity contribution in [2.24, 2.45) is 5.10 Å². The monoisotopic (exact) mass is 333 g/mol. The summed E-state index contributed by atoms with van der Waals surface area (Å²) in [5.74, 6) is 0.330. The lowest BCUT2D eigenvalue weighted by atomic mass is 10.1. The summed E-state index contributed by atoms with van der Waals surface area (Å²) in [5, 5.41) is 6.28. The number of nitrogens with one attached hydrogen (secondary N) is 1. The molecule has 0 bridgehead atoms. The summed E-state index contributed by atoms with van der Waals surface area (Å²) in [4.78, 5) is 11.9. The van der Waals surface area contributed by atoms with Crippen LogP contribution >= 0.6 is 0 Å². The highest BCUT2D eigenvalue weighted by atomic mass is 16.5. The molecular weight excluding hydrogens is 314 g/mol. The summed E-state index contributed by atoms with van der Waals surface area (Å²) in [6.45, 7) is 1.72. The van der Waals surface area contributed by atoms with Crippen LogP contribution in [0.15, 0.2) is 71.8 Å². The number of fused-ring (bicyclic) bond motifs is 1. The fourth-order valence-corrected chi connectivity index (χ4v) is 2.37. The Morgan fingerprint density at radius 3 is 2.52 bits per heavy atom. The number of nitrogens with two attached hydrogens (primary N) is 1. The molecule has 0 heterocycles. The molecule has 0 aliphatic rings. The zero-order valence-corrected chi connectivity index (χ0v) is 13.9. The van der Waals surface area contributed by atoms with Crippen LogP contribution in [0.5, 0.6) is 5.75 Å². The van der Waals surface area contributed by atoms with Crippen LogP contribution in [0.1, 0.15) is 12.5 Å². The SMILES string of the molecule is C/C(=N/NC(=O)COc1ccc2ccccc2c1)c1ccc(N)cc1. The van der Waals surface area contributed by atoms with Gasteiger partial charge < -0.3 is 10.5 Å². The first-order chi connectivity index (χ1) is 12.1. The number of benzene rings is 3. The molecule has 0 unspecified atom stereocenters. The molecule has 5 heteroatoms. The van der Waals surface area contributed by atoms with Crippen molar-refractivity contribution in [2.75, 3.05) is 12.3 Å². The van der Waals surface area contributed by atoms with E-state index in [1.165, 1.54) is 0 Å². The Labute approximate surface area is 146 Å². The largest absolute Gasteiger partial charge is 0.484 e. The second-order valence-corrected chi connectivity index (χ2v) is 5.65. The molecule has 0 aliphatic carbocycles. The predicted molar refractivity (Wildman–Crippen MR) is 101 cm³/mol. The van der Waals surface area contributed by atoms with E-state index in [1.807, 2.05) is 61.5 Å². The molecule has 0 spiro atoms. The molecule has 126 valence electrons. The van der Waals surface area contributed by atoms with Gasteiger partial charge in [0.15, 0.2) is 6.61 Å². The Morgan fingerprint density at radius 2 is 1.76 bits per heavy atom. The zero-order valence-electron chi connectivity index (χ0n) is 13.9. The molecule has 0 fully saturated rings. The van der Waals surface area contributed by atoms with E-state index < -0.39 is 0 Å². The van der Waals surface area contributed by atoms with Gasteiger partial charge in [-0.25, -0.2) is 5.43 Å². The van der Waals surface area contributed by atoms with Gasteiger partial charge in [0.2, 0.25) is 0 Å². The van der Waals surface area contributed by atoms with Crippen LogP contribution in [0.25, 0.3) is 10.8 Å². The number of carbonyl (C=O) groups is 1. The average molecular weight is 333 g/mol. The highest BCUT2D eigenvalue weighted by Crippen LogP contribution is 2.20. The summed E-state index contributed by atoms with van der Waals surface area (Å²) in [7, 11) is 0. The fourth-order valence-electron chi connectivity index (χ4n) is 2.37. The maximum atomic E-state index is 11.9. The molecule has 0 radical (unpaired) electrons. The van der Waals surface area contributed by atoms with E-state index in [1.54, 1.807) is 12.1 Å². The third kappa shape index (κ3) is 4.35. The van der Waals surface area contributed by atoms with Crippen molar-refractivity contribution >= 4 is 28.1 Å². The van der Waals surface area contributed by atoms with Crippen LogP contribution in [0.4, 0.5) is 5.69 Å². The quantitative estimate of drug-likeness (QED) is 0.427. The Morgan fingerprint density at radius 1 is 1.04 bits per heavy atom. The zero-order chi connectivity index (χ0) is 17.6. The van der Waals surface area contributed by atoms with Gasteiger partial charge in [-0.1, -0.05) is 42.5 Å². The maximum absolute atomic E-state index is 11.9. The molecule has 5 nitrogen and oxygen atoms in total. The molecule has 0 aromatic heterocycles. The fraction of sp³-hybridized carbons (Fsp3) is 0.100. The number of hydrazone groups is 1. The van der Waals surface area contributed by atoms with E-state index in [4.69, 9.17) is 10.5 Å². The predicted octanol–water partition coefficient (Wildman–Crippen LogP) is 3.34. The summed E-state index contributed by atoms with van der Waals surface area (Å²) >= 11 is 0. The first kappa shape index (κ1) is 16.5. The molecule has 25 heavy (non-hydrogen) atoms. The topological polar surface area (TPSA) is 76.7 Å². The minimum Gasteiger partial charge on any atom is -0.484 e. The van der Waals surface area contributed by atoms with Crippen molar-refractivity contribution in [3.63, 3.8) is 0 Å². The molecule has 3 rings (SSSR count). The van der Waals surface area contributed by atoms with Crippen LogP contribution in [0.2, 0.25) is 0 Å². The summed E-state index contributed by atoms with van der Waals surface area (Å²) in [5.41, 5.74) is 10.4. The number of ether oxygens (including phenoxy) is 1. The molecule has 0 atom stereocenters. The van der Waals surface area contributed by atoms with Gasteiger partial charge in [-0.2, -0.15) is 5.10 Å². The smallest absolute Gasteiger partial charge is 0.277 e. The summed E-state index contributed by atoms with van der Waals surface area (Å²) in [6, 6.07) is 21.0. The van der Waals surface area contributed by atoms with Crippen LogP contribution in [0.3, 0.4) is 0 Å². The van der Waals surface area contributed by atoms with Crippen molar-refractivity contribution in [3.05, 3.63) is 72.3 Å². The molecule has 1 amide bonds. The molecule has 3 aromatic carbocycles. The lowest BCUT2D eigenvalue weighted by Crippen LogP contribution is -2.25. The van der Waals surface area contributed by atoms with Gasteiger partial charge in [-0.3, -0.25) is 4.79 Å². The first-order valence-electron chi connectivity index (χ1n) is 7.92. The number of amides is 1. The first-order valence-corrected chi connectivity index (χ1v) is 7.92. The van der Waals surface area contributed by atoms with Crippen LogP contribution in [-0.2, 0) is 4.79 Å². The molecular formula is C20H19N3O2.